The van der Waals surface area contributed by atoms with E-state index in [-0.39, 0.29) is 0 Å². The van der Waals surface area contributed by atoms with Crippen molar-refractivity contribution in [1.82, 2.24) is 0 Å². The molecule has 11 aromatic rings. The Balaban J connectivity index is 0.945. The van der Waals surface area contributed by atoms with E-state index < -0.39 is 0 Å². The summed E-state index contributed by atoms with van der Waals surface area (Å²) < 4.78 is 2.57. The minimum atomic E-state index is 1.13. The monoisotopic (exact) mass is 744 g/mol. The van der Waals surface area contributed by atoms with Crippen LogP contribution in [0.1, 0.15) is 0 Å². The van der Waals surface area contributed by atoms with Crippen LogP contribution in [0, 0.1) is 0 Å². The van der Waals surface area contributed by atoms with Crippen molar-refractivity contribution >= 4 is 98.0 Å². The molecule has 2 nitrogen and oxygen atoms in total. The van der Waals surface area contributed by atoms with Gasteiger partial charge in [0, 0.05) is 54.3 Å². The van der Waals surface area contributed by atoms with Gasteiger partial charge in [-0.3, -0.25) is 0 Å². The molecule has 0 fully saturated rings. The lowest BCUT2D eigenvalue weighted by Gasteiger charge is -2.26. The summed E-state index contributed by atoms with van der Waals surface area (Å²) in [6, 6.07) is 79.4. The second-order valence-electron chi connectivity index (χ2n) is 14.6. The van der Waals surface area contributed by atoms with Crippen molar-refractivity contribution in [3.05, 3.63) is 218 Å². The average Bonchev–Trinajstić information content (AvgIpc) is 3.64. The van der Waals surface area contributed by atoms with E-state index in [9.17, 15) is 0 Å². The molecule has 0 aliphatic carbocycles. The van der Waals surface area contributed by atoms with Gasteiger partial charge in [0.15, 0.2) is 0 Å². The molecular formula is C54H36N2S. The number of fused-ring (bicyclic) bond motifs is 6. The molecule has 57 heavy (non-hydrogen) atoms. The second-order valence-corrected chi connectivity index (χ2v) is 15.7. The third-order valence-electron chi connectivity index (χ3n) is 11.1. The van der Waals surface area contributed by atoms with E-state index in [2.05, 4.69) is 228 Å². The van der Waals surface area contributed by atoms with Crippen molar-refractivity contribution in [1.29, 1.82) is 0 Å². The molecule has 0 amide bonds. The van der Waals surface area contributed by atoms with Crippen LogP contribution >= 0.6 is 11.3 Å². The Hall–Kier alpha value is -7.20. The molecule has 0 aliphatic rings. The molecule has 11 rings (SSSR count). The fraction of sp³-hybridized carbons (Fsp3) is 0. The SMILES string of the molecule is c1ccc(N(c2ccc3ccccc3c2)c2ccc3cc(-c4ccc5c(c4)sc4cc(N(c6ccccc6)c6ccc7ccccc7c6)ccc45)ccc3c2)cc1. The number of anilines is 6. The van der Waals surface area contributed by atoms with Gasteiger partial charge in [0.25, 0.3) is 0 Å². The van der Waals surface area contributed by atoms with Crippen molar-refractivity contribution in [2.45, 2.75) is 0 Å². The molecule has 0 saturated carbocycles. The summed E-state index contributed by atoms with van der Waals surface area (Å²) in [5.74, 6) is 0. The fourth-order valence-electron chi connectivity index (χ4n) is 8.32. The van der Waals surface area contributed by atoms with Gasteiger partial charge in [-0.05, 0) is 128 Å². The van der Waals surface area contributed by atoms with E-state index in [1.54, 1.807) is 0 Å². The van der Waals surface area contributed by atoms with Gasteiger partial charge in [-0.2, -0.15) is 0 Å². The standard InChI is InChI=1S/C54H36N2S/c1-3-15-45(16-4-1)55(47-25-21-37-11-7-9-13-39(37)32-47)49-27-23-42-31-41(19-20-43(42)34-49)44-24-29-51-52-30-28-50(36-54(52)57-53(51)35-44)56(46-17-5-2-6-18-46)48-26-22-38-12-8-10-14-40(38)33-48/h1-36H. The van der Waals surface area contributed by atoms with Gasteiger partial charge < -0.3 is 9.80 Å². The number of hydrogen-bond donors (Lipinski definition) is 0. The molecule has 268 valence electrons. The van der Waals surface area contributed by atoms with E-state index in [4.69, 9.17) is 0 Å². The van der Waals surface area contributed by atoms with E-state index in [0.717, 1.165) is 34.1 Å². The number of nitrogens with zero attached hydrogens (tertiary/aromatic N) is 2. The first-order valence-corrected chi connectivity index (χ1v) is 20.2. The number of thiophene rings is 1. The second kappa shape index (κ2) is 13.8. The molecule has 10 aromatic carbocycles. The van der Waals surface area contributed by atoms with Crippen LogP contribution < -0.4 is 9.80 Å². The summed E-state index contributed by atoms with van der Waals surface area (Å²) in [5.41, 5.74) is 9.29. The van der Waals surface area contributed by atoms with E-state index in [1.165, 1.54) is 63.6 Å². The Labute approximate surface area is 335 Å². The summed E-state index contributed by atoms with van der Waals surface area (Å²) in [7, 11) is 0. The maximum Gasteiger partial charge on any atom is 0.0476 e. The minimum Gasteiger partial charge on any atom is -0.310 e. The molecule has 0 atom stereocenters. The summed E-state index contributed by atoms with van der Waals surface area (Å²) in [4.78, 5) is 4.71. The first-order chi connectivity index (χ1) is 28.2. The number of benzene rings is 10. The van der Waals surface area contributed by atoms with Crippen molar-refractivity contribution in [3.8, 4) is 11.1 Å². The third-order valence-corrected chi connectivity index (χ3v) is 12.3. The molecule has 0 radical (unpaired) electrons. The van der Waals surface area contributed by atoms with Crippen molar-refractivity contribution in [2.24, 2.45) is 0 Å². The van der Waals surface area contributed by atoms with Crippen LogP contribution in [0.4, 0.5) is 34.1 Å². The minimum absolute atomic E-state index is 1.13. The third kappa shape index (κ3) is 6.06. The highest BCUT2D eigenvalue weighted by atomic mass is 32.1. The summed E-state index contributed by atoms with van der Waals surface area (Å²) >= 11 is 1.87. The van der Waals surface area contributed by atoms with Crippen LogP contribution in [-0.4, -0.2) is 0 Å². The molecule has 1 aromatic heterocycles. The van der Waals surface area contributed by atoms with Crippen LogP contribution in [-0.2, 0) is 0 Å². The number of para-hydroxylation sites is 2. The normalized spacial score (nSPS) is 11.5. The largest absolute Gasteiger partial charge is 0.310 e. The Bertz CT molecular complexity index is 3260. The maximum absolute atomic E-state index is 2.37. The quantitative estimate of drug-likeness (QED) is 0.160. The maximum atomic E-state index is 2.37. The number of hydrogen-bond acceptors (Lipinski definition) is 3. The van der Waals surface area contributed by atoms with Crippen LogP contribution in [0.5, 0.6) is 0 Å². The first kappa shape index (κ1) is 33.2. The highest BCUT2D eigenvalue weighted by molar-refractivity contribution is 7.25. The predicted octanol–water partition coefficient (Wildman–Crippen LogP) is 16.1. The van der Waals surface area contributed by atoms with Crippen LogP contribution in [0.15, 0.2) is 218 Å². The Morgan fingerprint density at radius 3 is 1.19 bits per heavy atom. The molecule has 0 N–H and O–H groups in total. The molecule has 0 unspecified atom stereocenters. The van der Waals surface area contributed by atoms with E-state index in [1.807, 2.05) is 11.3 Å². The zero-order valence-electron chi connectivity index (χ0n) is 31.1. The highest BCUT2D eigenvalue weighted by Crippen LogP contribution is 2.43. The molecule has 0 aliphatic heterocycles. The van der Waals surface area contributed by atoms with Gasteiger partial charge >= 0.3 is 0 Å². The molecule has 0 saturated heterocycles. The van der Waals surface area contributed by atoms with Crippen LogP contribution in [0.25, 0.3) is 63.6 Å². The fourth-order valence-corrected chi connectivity index (χ4v) is 9.49. The van der Waals surface area contributed by atoms with Gasteiger partial charge in [0.2, 0.25) is 0 Å². The Morgan fingerprint density at radius 2 is 0.614 bits per heavy atom. The predicted molar refractivity (Wildman–Crippen MR) is 247 cm³/mol. The topological polar surface area (TPSA) is 6.48 Å². The van der Waals surface area contributed by atoms with Gasteiger partial charge in [0.05, 0.1) is 0 Å². The zero-order chi connectivity index (χ0) is 37.7. The zero-order valence-corrected chi connectivity index (χ0v) is 31.9. The van der Waals surface area contributed by atoms with Crippen molar-refractivity contribution < 1.29 is 0 Å². The van der Waals surface area contributed by atoms with Crippen molar-refractivity contribution in [2.75, 3.05) is 9.80 Å². The lowest BCUT2D eigenvalue weighted by Crippen LogP contribution is -2.09. The first-order valence-electron chi connectivity index (χ1n) is 19.4. The number of rotatable bonds is 7. The van der Waals surface area contributed by atoms with Crippen LogP contribution in [0.3, 0.4) is 0 Å². The van der Waals surface area contributed by atoms with Gasteiger partial charge in [0.1, 0.15) is 0 Å². The molecule has 1 heterocycles. The Kier molecular flexibility index (Phi) is 8.04. The van der Waals surface area contributed by atoms with Gasteiger partial charge in [-0.25, -0.2) is 0 Å². The molecule has 0 bridgehead atoms. The summed E-state index contributed by atoms with van der Waals surface area (Å²) in [5, 5.41) is 9.96. The summed E-state index contributed by atoms with van der Waals surface area (Å²) in [6.07, 6.45) is 0. The van der Waals surface area contributed by atoms with Gasteiger partial charge in [-0.15, -0.1) is 11.3 Å². The van der Waals surface area contributed by atoms with Crippen molar-refractivity contribution in [3.63, 3.8) is 0 Å². The lowest BCUT2D eigenvalue weighted by atomic mass is 9.99. The molecular weight excluding hydrogens is 709 g/mol. The molecule has 3 heteroatoms. The van der Waals surface area contributed by atoms with Gasteiger partial charge in [-0.1, -0.05) is 133 Å². The average molecular weight is 745 g/mol. The molecule has 0 spiro atoms. The lowest BCUT2D eigenvalue weighted by molar-refractivity contribution is 1.29. The highest BCUT2D eigenvalue weighted by Gasteiger charge is 2.17. The van der Waals surface area contributed by atoms with E-state index in [0.29, 0.717) is 0 Å². The van der Waals surface area contributed by atoms with E-state index >= 15 is 0 Å². The summed E-state index contributed by atoms with van der Waals surface area (Å²) in [6.45, 7) is 0. The Morgan fingerprint density at radius 1 is 0.246 bits per heavy atom. The van der Waals surface area contributed by atoms with Crippen LogP contribution in [0.2, 0.25) is 0 Å². The smallest absolute Gasteiger partial charge is 0.0476 e.